The van der Waals surface area contributed by atoms with Crippen molar-refractivity contribution in [2.45, 2.75) is 26.3 Å². The molecule has 1 aromatic heterocycles. The van der Waals surface area contributed by atoms with E-state index in [9.17, 15) is 4.79 Å². The van der Waals surface area contributed by atoms with Gasteiger partial charge in [0.25, 0.3) is 0 Å². The highest BCUT2D eigenvalue weighted by molar-refractivity contribution is 5.76. The van der Waals surface area contributed by atoms with Crippen molar-refractivity contribution in [3.05, 3.63) is 60.0 Å². The summed E-state index contributed by atoms with van der Waals surface area (Å²) in [5.41, 5.74) is 1.81. The smallest absolute Gasteiger partial charge is 0.227 e. The summed E-state index contributed by atoms with van der Waals surface area (Å²) < 4.78 is 16.1. The Kier molecular flexibility index (Phi) is 6.62. The van der Waals surface area contributed by atoms with E-state index in [4.69, 9.17) is 14.0 Å². The van der Waals surface area contributed by atoms with Gasteiger partial charge < -0.3 is 19.3 Å². The van der Waals surface area contributed by atoms with Gasteiger partial charge in [0.1, 0.15) is 0 Å². The number of nitrogens with one attached hydrogen (secondary N) is 1. The Balaban J connectivity index is 1.56. The number of amides is 1. The molecule has 7 nitrogen and oxygen atoms in total. The van der Waals surface area contributed by atoms with E-state index in [1.54, 1.807) is 13.2 Å². The third-order valence-corrected chi connectivity index (χ3v) is 4.09. The molecule has 0 aliphatic rings. The van der Waals surface area contributed by atoms with Crippen LogP contribution in [0.1, 0.15) is 24.8 Å². The molecule has 0 radical (unpaired) electrons. The number of rotatable bonds is 9. The molecule has 146 valence electrons. The second-order valence-electron chi connectivity index (χ2n) is 6.07. The van der Waals surface area contributed by atoms with E-state index < -0.39 is 0 Å². The molecule has 1 amide bonds. The van der Waals surface area contributed by atoms with Crippen molar-refractivity contribution in [2.75, 3.05) is 13.7 Å². The number of aryl methyl sites for hydroxylation is 1. The molecule has 0 saturated carbocycles. The summed E-state index contributed by atoms with van der Waals surface area (Å²) in [5, 5.41) is 6.88. The molecule has 2 aromatic carbocycles. The fraction of sp³-hybridized carbons (Fsp3) is 0.286. The number of carbonyl (C=O) groups excluding carboxylic acids is 1. The molecule has 3 rings (SSSR count). The highest BCUT2D eigenvalue weighted by Gasteiger charge is 2.13. The summed E-state index contributed by atoms with van der Waals surface area (Å²) in [7, 11) is 1.58. The fourth-order valence-electron chi connectivity index (χ4n) is 2.66. The maximum absolute atomic E-state index is 12.0. The van der Waals surface area contributed by atoms with Gasteiger partial charge in [0, 0.05) is 24.9 Å². The molecule has 0 spiro atoms. The van der Waals surface area contributed by atoms with Gasteiger partial charge in [-0.25, -0.2) is 0 Å². The lowest BCUT2D eigenvalue weighted by Crippen LogP contribution is -2.22. The van der Waals surface area contributed by atoms with Gasteiger partial charge in [-0.1, -0.05) is 35.5 Å². The third-order valence-electron chi connectivity index (χ3n) is 4.09. The van der Waals surface area contributed by atoms with Crippen LogP contribution >= 0.6 is 0 Å². The van der Waals surface area contributed by atoms with E-state index in [2.05, 4.69) is 15.5 Å². The molecule has 0 atom stereocenters. The lowest BCUT2D eigenvalue weighted by Gasteiger charge is -2.09. The minimum Gasteiger partial charge on any atom is -0.493 e. The summed E-state index contributed by atoms with van der Waals surface area (Å²) in [6.07, 6.45) is 0.656. The number of carbonyl (C=O) groups is 1. The zero-order valence-corrected chi connectivity index (χ0v) is 16.0. The zero-order chi connectivity index (χ0) is 19.8. The van der Waals surface area contributed by atoms with Crippen LogP contribution in [0.25, 0.3) is 11.4 Å². The lowest BCUT2D eigenvalue weighted by molar-refractivity contribution is -0.121. The summed E-state index contributed by atoms with van der Waals surface area (Å²) in [6.45, 7) is 2.96. The summed E-state index contributed by atoms with van der Waals surface area (Å²) in [4.78, 5) is 16.4. The second kappa shape index (κ2) is 9.55. The Bertz CT molecular complexity index is 909. The fourth-order valence-corrected chi connectivity index (χ4v) is 2.66. The average Bonchev–Trinajstić information content (AvgIpc) is 3.21. The minimum absolute atomic E-state index is 0.0636. The Hall–Kier alpha value is -3.35. The number of hydrogen-bond acceptors (Lipinski definition) is 6. The van der Waals surface area contributed by atoms with Crippen molar-refractivity contribution in [1.29, 1.82) is 0 Å². The Morgan fingerprint density at radius 3 is 2.71 bits per heavy atom. The van der Waals surface area contributed by atoms with Crippen molar-refractivity contribution >= 4 is 5.91 Å². The van der Waals surface area contributed by atoms with Crippen molar-refractivity contribution in [3.8, 4) is 22.9 Å². The molecule has 0 bridgehead atoms. The van der Waals surface area contributed by atoms with Crippen LogP contribution in [0.15, 0.2) is 53.1 Å². The third kappa shape index (κ3) is 5.09. The molecule has 1 N–H and O–H groups in total. The average molecular weight is 381 g/mol. The SMILES string of the molecule is CCOc1ccc(-c2noc(CCC(=O)NCc3ccccc3)n2)cc1OC. The highest BCUT2D eigenvalue weighted by atomic mass is 16.5. The van der Waals surface area contributed by atoms with Crippen LogP contribution < -0.4 is 14.8 Å². The standard InChI is InChI=1S/C21H23N3O4/c1-3-27-17-10-9-16(13-18(17)26-2)21-23-20(28-24-21)12-11-19(25)22-14-15-7-5-4-6-8-15/h4-10,13H,3,11-12,14H2,1-2H3,(H,22,25). The van der Waals surface area contributed by atoms with E-state index in [0.717, 1.165) is 11.1 Å². The maximum atomic E-state index is 12.0. The summed E-state index contributed by atoms with van der Waals surface area (Å²) >= 11 is 0. The van der Waals surface area contributed by atoms with E-state index in [0.29, 0.717) is 42.8 Å². The Morgan fingerprint density at radius 1 is 1.14 bits per heavy atom. The predicted octanol–water partition coefficient (Wildman–Crippen LogP) is 3.39. The number of methoxy groups -OCH3 is 1. The van der Waals surface area contributed by atoms with Crippen molar-refractivity contribution in [3.63, 3.8) is 0 Å². The first-order valence-corrected chi connectivity index (χ1v) is 9.14. The number of hydrogen-bond donors (Lipinski definition) is 1. The van der Waals surface area contributed by atoms with Gasteiger partial charge in [-0.05, 0) is 30.7 Å². The first kappa shape index (κ1) is 19.4. The van der Waals surface area contributed by atoms with Crippen LogP contribution in [0.4, 0.5) is 0 Å². The second-order valence-corrected chi connectivity index (χ2v) is 6.07. The molecule has 0 aliphatic carbocycles. The highest BCUT2D eigenvalue weighted by Crippen LogP contribution is 2.31. The van der Waals surface area contributed by atoms with Gasteiger partial charge in [0.2, 0.25) is 17.6 Å². The lowest BCUT2D eigenvalue weighted by atomic mass is 10.2. The van der Waals surface area contributed by atoms with E-state index in [-0.39, 0.29) is 12.3 Å². The van der Waals surface area contributed by atoms with Gasteiger partial charge in [0.05, 0.1) is 13.7 Å². The molecule has 1 heterocycles. The molecule has 7 heteroatoms. The quantitative estimate of drug-likeness (QED) is 0.611. The normalized spacial score (nSPS) is 10.5. The number of ether oxygens (including phenoxy) is 2. The Morgan fingerprint density at radius 2 is 1.96 bits per heavy atom. The number of aromatic nitrogens is 2. The number of benzene rings is 2. The van der Waals surface area contributed by atoms with Gasteiger partial charge in [-0.15, -0.1) is 0 Å². The van der Waals surface area contributed by atoms with Crippen LogP contribution in [0.3, 0.4) is 0 Å². The van der Waals surface area contributed by atoms with Gasteiger partial charge in [0.15, 0.2) is 11.5 Å². The summed E-state index contributed by atoms with van der Waals surface area (Å²) in [6, 6.07) is 15.2. The van der Waals surface area contributed by atoms with Crippen molar-refractivity contribution < 1.29 is 18.8 Å². The van der Waals surface area contributed by atoms with E-state index in [1.807, 2.05) is 49.4 Å². The maximum Gasteiger partial charge on any atom is 0.227 e. The van der Waals surface area contributed by atoms with Crippen LogP contribution in [0.5, 0.6) is 11.5 Å². The molecule has 0 saturated heterocycles. The first-order chi connectivity index (χ1) is 13.7. The van der Waals surface area contributed by atoms with E-state index in [1.165, 1.54) is 0 Å². The molecule has 3 aromatic rings. The van der Waals surface area contributed by atoms with Gasteiger partial charge in [-0.3, -0.25) is 4.79 Å². The molecule has 0 unspecified atom stereocenters. The molecule has 28 heavy (non-hydrogen) atoms. The van der Waals surface area contributed by atoms with Crippen LogP contribution in [0.2, 0.25) is 0 Å². The predicted molar refractivity (Wildman–Crippen MR) is 104 cm³/mol. The largest absolute Gasteiger partial charge is 0.493 e. The molecular formula is C21H23N3O4. The first-order valence-electron chi connectivity index (χ1n) is 9.14. The van der Waals surface area contributed by atoms with Crippen molar-refractivity contribution in [2.24, 2.45) is 0 Å². The monoisotopic (exact) mass is 381 g/mol. The molecule has 0 aliphatic heterocycles. The van der Waals surface area contributed by atoms with E-state index >= 15 is 0 Å². The topological polar surface area (TPSA) is 86.5 Å². The minimum atomic E-state index is -0.0636. The van der Waals surface area contributed by atoms with Crippen LogP contribution in [0, 0.1) is 0 Å². The number of nitrogens with zero attached hydrogens (tertiary/aromatic N) is 2. The van der Waals surface area contributed by atoms with Crippen molar-refractivity contribution in [1.82, 2.24) is 15.5 Å². The summed E-state index contributed by atoms with van der Waals surface area (Å²) in [5.74, 6) is 2.06. The molecular weight excluding hydrogens is 358 g/mol. The molecule has 0 fully saturated rings. The van der Waals surface area contributed by atoms with Gasteiger partial charge in [-0.2, -0.15) is 4.98 Å². The van der Waals surface area contributed by atoms with Crippen LogP contribution in [-0.2, 0) is 17.8 Å². The zero-order valence-electron chi connectivity index (χ0n) is 16.0. The van der Waals surface area contributed by atoms with Crippen LogP contribution in [-0.4, -0.2) is 29.8 Å². The van der Waals surface area contributed by atoms with Gasteiger partial charge >= 0.3 is 0 Å². The Labute approximate surface area is 163 Å².